The van der Waals surface area contributed by atoms with Crippen molar-refractivity contribution in [2.45, 2.75) is 27.7 Å². The molecular formula is C9H14-2. The van der Waals surface area contributed by atoms with E-state index >= 15 is 0 Å². The Morgan fingerprint density at radius 2 is 2.11 bits per heavy atom. The van der Waals surface area contributed by atoms with Gasteiger partial charge in [0.15, 0.2) is 0 Å². The second kappa shape index (κ2) is 1.73. The predicted octanol–water partition coefficient (Wildman–Crippen LogP) is 2.77. The van der Waals surface area contributed by atoms with Gasteiger partial charge in [-0.25, -0.2) is 0 Å². The van der Waals surface area contributed by atoms with Crippen LogP contribution < -0.4 is 0 Å². The third-order valence-corrected chi connectivity index (χ3v) is 2.31. The molecule has 1 aliphatic rings. The highest BCUT2D eigenvalue weighted by atomic mass is 14.3. The van der Waals surface area contributed by atoms with E-state index < -0.39 is 0 Å². The maximum absolute atomic E-state index is 2.26. The molecule has 0 atom stereocenters. The van der Waals surface area contributed by atoms with Crippen LogP contribution in [0.25, 0.3) is 0 Å². The van der Waals surface area contributed by atoms with Gasteiger partial charge in [-0.1, -0.05) is 13.8 Å². The van der Waals surface area contributed by atoms with E-state index in [2.05, 4.69) is 40.2 Å². The molecule has 0 heteroatoms. The molecule has 0 aromatic heterocycles. The maximum Gasteiger partial charge on any atom is -0.0860 e. The van der Waals surface area contributed by atoms with Crippen LogP contribution in [0.4, 0.5) is 0 Å². The summed E-state index contributed by atoms with van der Waals surface area (Å²) in [5.74, 6) is 1.50. The number of hydrogen-bond donors (Lipinski definition) is 0. The third kappa shape index (κ3) is 0.937. The van der Waals surface area contributed by atoms with Crippen LogP contribution in [-0.4, -0.2) is 0 Å². The summed E-state index contributed by atoms with van der Waals surface area (Å²) in [6, 6.07) is 0. The van der Waals surface area contributed by atoms with Crippen LogP contribution in [0.2, 0.25) is 0 Å². The Kier molecular flexibility index (Phi) is 1.27. The van der Waals surface area contributed by atoms with E-state index in [-0.39, 0.29) is 0 Å². The monoisotopic (exact) mass is 122 g/mol. The van der Waals surface area contributed by atoms with Crippen LogP contribution in [0.3, 0.4) is 0 Å². The zero-order valence-electron chi connectivity index (χ0n) is 6.65. The van der Waals surface area contributed by atoms with E-state index in [1.807, 2.05) is 0 Å². The van der Waals surface area contributed by atoms with Gasteiger partial charge in [-0.3, -0.25) is 0 Å². The molecule has 1 aliphatic carbocycles. The molecule has 0 nitrogen and oxygen atoms in total. The van der Waals surface area contributed by atoms with Crippen molar-refractivity contribution in [3.63, 3.8) is 0 Å². The molecule has 0 fully saturated rings. The Balaban J connectivity index is 2.73. The van der Waals surface area contributed by atoms with E-state index in [1.165, 1.54) is 11.5 Å². The van der Waals surface area contributed by atoms with Crippen LogP contribution in [-0.2, 0) is 0 Å². The van der Waals surface area contributed by atoms with Crippen LogP contribution in [0.5, 0.6) is 0 Å². The molecule has 0 amide bonds. The minimum atomic E-state index is 0.323. The van der Waals surface area contributed by atoms with Gasteiger partial charge in [0, 0.05) is 0 Å². The quantitative estimate of drug-likeness (QED) is 0.433. The van der Waals surface area contributed by atoms with Gasteiger partial charge in [0.05, 0.1) is 0 Å². The lowest BCUT2D eigenvalue weighted by molar-refractivity contribution is 0.506. The second-order valence-corrected chi connectivity index (χ2v) is 3.36. The molecule has 52 valence electrons. The SMILES string of the molecule is CC1=C[CH-]C(C)(C)[C-]1C. The van der Waals surface area contributed by atoms with Gasteiger partial charge in [0.25, 0.3) is 0 Å². The van der Waals surface area contributed by atoms with E-state index in [0.29, 0.717) is 5.41 Å². The van der Waals surface area contributed by atoms with Crippen LogP contribution in [0.15, 0.2) is 11.6 Å². The highest BCUT2D eigenvalue weighted by Crippen LogP contribution is 2.42. The van der Waals surface area contributed by atoms with Gasteiger partial charge in [0.2, 0.25) is 0 Å². The minimum Gasteiger partial charge on any atom is -0.376 e. The first-order chi connectivity index (χ1) is 4.04. The Bertz CT molecular complexity index is 140. The summed E-state index contributed by atoms with van der Waals surface area (Å²) in [6.07, 6.45) is 4.47. The molecule has 0 heterocycles. The summed E-state index contributed by atoms with van der Waals surface area (Å²) < 4.78 is 0. The van der Waals surface area contributed by atoms with E-state index in [1.54, 1.807) is 0 Å². The Morgan fingerprint density at radius 3 is 2.22 bits per heavy atom. The molecule has 0 radical (unpaired) electrons. The molecule has 0 saturated heterocycles. The van der Waals surface area contributed by atoms with Crippen molar-refractivity contribution in [1.82, 2.24) is 0 Å². The van der Waals surface area contributed by atoms with Crippen molar-refractivity contribution in [3.05, 3.63) is 24.0 Å². The van der Waals surface area contributed by atoms with Gasteiger partial charge in [0.1, 0.15) is 0 Å². The second-order valence-electron chi connectivity index (χ2n) is 3.36. The van der Waals surface area contributed by atoms with Crippen molar-refractivity contribution in [2.24, 2.45) is 5.41 Å². The molecule has 0 unspecified atom stereocenters. The molecular weight excluding hydrogens is 108 g/mol. The molecule has 1 rings (SSSR count). The number of allylic oxidation sites excluding steroid dienone is 2. The average molecular weight is 122 g/mol. The van der Waals surface area contributed by atoms with Crippen molar-refractivity contribution < 1.29 is 0 Å². The zero-order chi connectivity index (χ0) is 7.07. The average Bonchev–Trinajstić information content (AvgIpc) is 1.97. The van der Waals surface area contributed by atoms with Crippen molar-refractivity contribution in [1.29, 1.82) is 0 Å². The molecule has 0 bridgehead atoms. The lowest BCUT2D eigenvalue weighted by Gasteiger charge is -2.43. The summed E-state index contributed by atoms with van der Waals surface area (Å²) in [4.78, 5) is 0. The molecule has 0 aromatic carbocycles. The summed E-state index contributed by atoms with van der Waals surface area (Å²) in [5.41, 5.74) is 1.75. The van der Waals surface area contributed by atoms with Crippen molar-refractivity contribution >= 4 is 0 Å². The predicted molar refractivity (Wildman–Crippen MR) is 40.8 cm³/mol. The smallest absolute Gasteiger partial charge is 0.0860 e. The summed E-state index contributed by atoms with van der Waals surface area (Å²) in [6.45, 7) is 8.86. The lowest BCUT2D eigenvalue weighted by Crippen LogP contribution is -2.14. The molecule has 0 N–H and O–H groups in total. The molecule has 0 aliphatic heterocycles. The fourth-order valence-corrected chi connectivity index (χ4v) is 1.09. The summed E-state index contributed by atoms with van der Waals surface area (Å²) >= 11 is 0. The molecule has 0 aromatic rings. The summed E-state index contributed by atoms with van der Waals surface area (Å²) in [7, 11) is 0. The lowest BCUT2D eigenvalue weighted by atomic mass is 9.80. The van der Waals surface area contributed by atoms with E-state index in [9.17, 15) is 0 Å². The fourth-order valence-electron chi connectivity index (χ4n) is 1.09. The molecule has 0 saturated carbocycles. The first-order valence-electron chi connectivity index (χ1n) is 3.41. The van der Waals surface area contributed by atoms with Crippen LogP contribution >= 0.6 is 0 Å². The maximum atomic E-state index is 2.26. The summed E-state index contributed by atoms with van der Waals surface area (Å²) in [5, 5.41) is 0. The van der Waals surface area contributed by atoms with E-state index in [4.69, 9.17) is 0 Å². The van der Waals surface area contributed by atoms with Gasteiger partial charge in [-0.2, -0.15) is 5.41 Å². The Labute approximate surface area is 58.0 Å². The van der Waals surface area contributed by atoms with Crippen LogP contribution in [0, 0.1) is 17.8 Å². The molecule has 9 heavy (non-hydrogen) atoms. The zero-order valence-corrected chi connectivity index (χ0v) is 6.65. The first kappa shape index (κ1) is 6.60. The number of rotatable bonds is 0. The van der Waals surface area contributed by atoms with Gasteiger partial charge in [-0.15, -0.1) is 13.8 Å². The highest BCUT2D eigenvalue weighted by Gasteiger charge is 2.10. The largest absolute Gasteiger partial charge is 0.376 e. The topological polar surface area (TPSA) is 0 Å². The van der Waals surface area contributed by atoms with Gasteiger partial charge in [-0.05, 0) is 0 Å². The Hall–Kier alpha value is -0.520. The fraction of sp³-hybridized carbons (Fsp3) is 0.556. The Morgan fingerprint density at radius 1 is 1.56 bits per heavy atom. The molecule has 0 spiro atoms. The minimum absolute atomic E-state index is 0.323. The third-order valence-electron chi connectivity index (χ3n) is 2.31. The van der Waals surface area contributed by atoms with Crippen LogP contribution in [0.1, 0.15) is 27.7 Å². The highest BCUT2D eigenvalue weighted by molar-refractivity contribution is 5.38. The normalized spacial score (nSPS) is 23.6. The van der Waals surface area contributed by atoms with Gasteiger partial charge < -0.3 is 24.0 Å². The van der Waals surface area contributed by atoms with Crippen molar-refractivity contribution in [2.75, 3.05) is 0 Å². The first-order valence-corrected chi connectivity index (χ1v) is 3.41. The number of hydrogen-bond acceptors (Lipinski definition) is 0. The van der Waals surface area contributed by atoms with E-state index in [0.717, 1.165) is 0 Å². The van der Waals surface area contributed by atoms with Crippen molar-refractivity contribution in [3.8, 4) is 0 Å². The van der Waals surface area contributed by atoms with Gasteiger partial charge >= 0.3 is 0 Å². The standard InChI is InChI=1S/C9H14/c1-7-5-6-9(3,4)8(7)2/h5-6H,1-4H3/q-2.